The lowest BCUT2D eigenvalue weighted by molar-refractivity contribution is 0.439. The van der Waals surface area contributed by atoms with Gasteiger partial charge in [-0.3, -0.25) is 0 Å². The third kappa shape index (κ3) is 1.60. The summed E-state index contributed by atoms with van der Waals surface area (Å²) in [5.74, 6) is 0.863. The zero-order valence-electron chi connectivity index (χ0n) is 6.77. The van der Waals surface area contributed by atoms with Gasteiger partial charge in [0.05, 0.1) is 0 Å². The van der Waals surface area contributed by atoms with Crippen molar-refractivity contribution in [1.29, 1.82) is 0 Å². The third-order valence-electron chi connectivity index (χ3n) is 2.49. The molecule has 1 aliphatic carbocycles. The van der Waals surface area contributed by atoms with E-state index in [4.69, 9.17) is 0 Å². The standard InChI is InChI=1S/C9H17N/c1-3-9(10-2)8-6-4-5-7-8/h3,8-10H,1,4-7H2,2H3. The second-order valence-electron chi connectivity index (χ2n) is 3.09. The summed E-state index contributed by atoms with van der Waals surface area (Å²) < 4.78 is 0. The van der Waals surface area contributed by atoms with E-state index in [-0.39, 0.29) is 0 Å². The van der Waals surface area contributed by atoms with Crippen LogP contribution in [0.15, 0.2) is 12.7 Å². The summed E-state index contributed by atoms with van der Waals surface area (Å²) in [6.07, 6.45) is 7.64. The van der Waals surface area contributed by atoms with Crippen LogP contribution >= 0.6 is 0 Å². The number of nitrogens with one attached hydrogen (secondary N) is 1. The van der Waals surface area contributed by atoms with Gasteiger partial charge in [-0.15, -0.1) is 6.58 Å². The molecule has 1 rings (SSSR count). The molecule has 0 radical (unpaired) electrons. The fourth-order valence-electron chi connectivity index (χ4n) is 1.86. The van der Waals surface area contributed by atoms with Crippen molar-refractivity contribution < 1.29 is 0 Å². The number of hydrogen-bond donors (Lipinski definition) is 1. The molecular formula is C9H17N. The highest BCUT2D eigenvalue weighted by Crippen LogP contribution is 2.27. The minimum atomic E-state index is 0.558. The largest absolute Gasteiger partial charge is 0.313 e. The first-order valence-corrected chi connectivity index (χ1v) is 4.18. The zero-order valence-corrected chi connectivity index (χ0v) is 6.77. The van der Waals surface area contributed by atoms with Crippen molar-refractivity contribution in [2.24, 2.45) is 5.92 Å². The molecule has 58 valence electrons. The minimum Gasteiger partial charge on any atom is -0.313 e. The van der Waals surface area contributed by atoms with Crippen LogP contribution in [0.2, 0.25) is 0 Å². The van der Waals surface area contributed by atoms with E-state index in [0.717, 1.165) is 5.92 Å². The van der Waals surface area contributed by atoms with E-state index >= 15 is 0 Å². The summed E-state index contributed by atoms with van der Waals surface area (Å²) >= 11 is 0. The Balaban J connectivity index is 2.36. The highest BCUT2D eigenvalue weighted by molar-refractivity contribution is 4.91. The van der Waals surface area contributed by atoms with Crippen LogP contribution in [0.3, 0.4) is 0 Å². The number of rotatable bonds is 3. The first kappa shape index (κ1) is 7.80. The summed E-state index contributed by atoms with van der Waals surface area (Å²) in [6, 6.07) is 0.558. The van der Waals surface area contributed by atoms with Crippen LogP contribution in [0, 0.1) is 5.92 Å². The zero-order chi connectivity index (χ0) is 7.40. The maximum absolute atomic E-state index is 3.81. The lowest BCUT2D eigenvalue weighted by Crippen LogP contribution is -2.29. The molecule has 0 aromatic heterocycles. The van der Waals surface area contributed by atoms with Gasteiger partial charge in [0, 0.05) is 6.04 Å². The van der Waals surface area contributed by atoms with Gasteiger partial charge in [-0.05, 0) is 25.8 Å². The van der Waals surface area contributed by atoms with Gasteiger partial charge in [-0.2, -0.15) is 0 Å². The fraction of sp³-hybridized carbons (Fsp3) is 0.778. The van der Waals surface area contributed by atoms with E-state index in [1.165, 1.54) is 25.7 Å². The van der Waals surface area contributed by atoms with E-state index in [9.17, 15) is 0 Å². The lowest BCUT2D eigenvalue weighted by atomic mass is 9.99. The summed E-state index contributed by atoms with van der Waals surface area (Å²) in [5.41, 5.74) is 0. The van der Waals surface area contributed by atoms with E-state index in [2.05, 4.69) is 11.9 Å². The molecule has 1 saturated carbocycles. The molecular weight excluding hydrogens is 122 g/mol. The van der Waals surface area contributed by atoms with Crippen molar-refractivity contribution in [3.8, 4) is 0 Å². The Hall–Kier alpha value is -0.300. The highest BCUT2D eigenvalue weighted by atomic mass is 14.9. The van der Waals surface area contributed by atoms with Crippen LogP contribution in [0.1, 0.15) is 25.7 Å². The molecule has 1 N–H and O–H groups in total. The van der Waals surface area contributed by atoms with Crippen LogP contribution in [0.4, 0.5) is 0 Å². The van der Waals surface area contributed by atoms with Crippen molar-refractivity contribution in [3.63, 3.8) is 0 Å². The van der Waals surface area contributed by atoms with Crippen molar-refractivity contribution >= 4 is 0 Å². The van der Waals surface area contributed by atoms with Crippen LogP contribution in [-0.4, -0.2) is 13.1 Å². The molecule has 10 heavy (non-hydrogen) atoms. The van der Waals surface area contributed by atoms with Crippen LogP contribution in [0.25, 0.3) is 0 Å². The van der Waals surface area contributed by atoms with Gasteiger partial charge in [0.15, 0.2) is 0 Å². The molecule has 1 heteroatoms. The van der Waals surface area contributed by atoms with Crippen molar-refractivity contribution in [2.75, 3.05) is 7.05 Å². The number of hydrogen-bond acceptors (Lipinski definition) is 1. The van der Waals surface area contributed by atoms with Crippen LogP contribution < -0.4 is 5.32 Å². The van der Waals surface area contributed by atoms with E-state index in [0.29, 0.717) is 6.04 Å². The third-order valence-corrected chi connectivity index (χ3v) is 2.49. The Morgan fingerprint density at radius 3 is 2.50 bits per heavy atom. The van der Waals surface area contributed by atoms with Gasteiger partial charge in [0.1, 0.15) is 0 Å². The Bertz CT molecular complexity index is 103. The molecule has 0 aromatic carbocycles. The molecule has 1 atom stereocenters. The predicted octanol–water partition coefficient (Wildman–Crippen LogP) is 1.95. The van der Waals surface area contributed by atoms with Crippen LogP contribution in [0.5, 0.6) is 0 Å². The highest BCUT2D eigenvalue weighted by Gasteiger charge is 2.20. The first-order valence-electron chi connectivity index (χ1n) is 4.18. The summed E-state index contributed by atoms with van der Waals surface area (Å²) in [5, 5.41) is 3.28. The molecule has 0 amide bonds. The van der Waals surface area contributed by atoms with Gasteiger partial charge in [0.2, 0.25) is 0 Å². The van der Waals surface area contributed by atoms with E-state index in [1.807, 2.05) is 13.1 Å². The molecule has 0 bridgehead atoms. The van der Waals surface area contributed by atoms with Gasteiger partial charge in [0.25, 0.3) is 0 Å². The van der Waals surface area contributed by atoms with E-state index in [1.54, 1.807) is 0 Å². The molecule has 1 aliphatic rings. The molecule has 0 aromatic rings. The molecule has 1 nitrogen and oxygen atoms in total. The van der Waals surface area contributed by atoms with Crippen molar-refractivity contribution in [3.05, 3.63) is 12.7 Å². The summed E-state index contributed by atoms with van der Waals surface area (Å²) in [4.78, 5) is 0. The maximum Gasteiger partial charge on any atom is 0.0272 e. The van der Waals surface area contributed by atoms with E-state index < -0.39 is 0 Å². The molecule has 0 spiro atoms. The van der Waals surface area contributed by atoms with Crippen LogP contribution in [-0.2, 0) is 0 Å². The topological polar surface area (TPSA) is 12.0 Å². The Kier molecular flexibility index (Phi) is 2.94. The van der Waals surface area contributed by atoms with Gasteiger partial charge in [-0.1, -0.05) is 18.9 Å². The average molecular weight is 139 g/mol. The maximum atomic E-state index is 3.81. The Morgan fingerprint density at radius 2 is 2.10 bits per heavy atom. The molecule has 1 unspecified atom stereocenters. The summed E-state index contributed by atoms with van der Waals surface area (Å²) in [6.45, 7) is 3.81. The smallest absolute Gasteiger partial charge is 0.0272 e. The molecule has 0 saturated heterocycles. The average Bonchev–Trinajstić information content (AvgIpc) is 2.43. The van der Waals surface area contributed by atoms with Crippen molar-refractivity contribution in [2.45, 2.75) is 31.7 Å². The normalized spacial score (nSPS) is 22.9. The minimum absolute atomic E-state index is 0.558. The Labute approximate surface area is 63.5 Å². The van der Waals surface area contributed by atoms with Gasteiger partial charge >= 0.3 is 0 Å². The second kappa shape index (κ2) is 3.77. The second-order valence-corrected chi connectivity index (χ2v) is 3.09. The molecule has 0 aliphatic heterocycles. The van der Waals surface area contributed by atoms with Gasteiger partial charge in [-0.25, -0.2) is 0 Å². The van der Waals surface area contributed by atoms with Gasteiger partial charge < -0.3 is 5.32 Å². The SMILES string of the molecule is C=CC(NC)C1CCCC1. The predicted molar refractivity (Wildman–Crippen MR) is 45.0 cm³/mol. The quantitative estimate of drug-likeness (QED) is 0.589. The fourth-order valence-corrected chi connectivity index (χ4v) is 1.86. The lowest BCUT2D eigenvalue weighted by Gasteiger charge is -2.18. The molecule has 1 fully saturated rings. The monoisotopic (exact) mass is 139 g/mol. The first-order chi connectivity index (χ1) is 4.88. The molecule has 0 heterocycles. The summed E-state index contributed by atoms with van der Waals surface area (Å²) in [7, 11) is 2.02. The number of likely N-dealkylation sites (N-methyl/N-ethyl adjacent to an activating group) is 1. The Morgan fingerprint density at radius 1 is 1.50 bits per heavy atom. The van der Waals surface area contributed by atoms with Crippen molar-refractivity contribution in [1.82, 2.24) is 5.32 Å².